The first-order chi connectivity index (χ1) is 17.8. The average Bonchev–Trinajstić information content (AvgIpc) is 3.65. The Bertz CT molecular complexity index is 1530. The smallest absolute Gasteiger partial charge is 0.254 e. The summed E-state index contributed by atoms with van der Waals surface area (Å²) in [7, 11) is -3.75. The van der Waals surface area contributed by atoms with Gasteiger partial charge in [0, 0.05) is 16.6 Å². The third kappa shape index (κ3) is 5.78. The van der Waals surface area contributed by atoms with Gasteiger partial charge < -0.3 is 9.47 Å². The molecule has 1 amide bonds. The van der Waals surface area contributed by atoms with Gasteiger partial charge >= 0.3 is 0 Å². The molecule has 0 aliphatic heterocycles. The molecule has 1 saturated carbocycles. The number of rotatable bonds is 9. The molecular formula is C29H28ClN3O3S. The van der Waals surface area contributed by atoms with Crippen LogP contribution in [0.25, 0.3) is 0 Å². The number of hydrogen-bond donors (Lipinski definition) is 0. The molecule has 190 valence electrons. The Morgan fingerprint density at radius 2 is 1.76 bits per heavy atom. The maximum absolute atomic E-state index is 13.6. The van der Waals surface area contributed by atoms with Crippen LogP contribution in [0.5, 0.6) is 0 Å². The fourth-order valence-electron chi connectivity index (χ4n) is 4.46. The molecule has 3 aromatic carbocycles. The van der Waals surface area contributed by atoms with Crippen LogP contribution in [-0.4, -0.2) is 34.8 Å². The van der Waals surface area contributed by atoms with Gasteiger partial charge in [0.15, 0.2) is 0 Å². The fourth-order valence-corrected chi connectivity index (χ4v) is 6.24. The molecule has 1 fully saturated rings. The lowest BCUT2D eigenvalue weighted by Crippen LogP contribution is -2.33. The molecule has 1 aromatic heterocycles. The number of carbonyl (C=O) groups is 1. The van der Waals surface area contributed by atoms with Crippen molar-refractivity contribution in [3.8, 4) is 0 Å². The number of sulfone groups is 1. The van der Waals surface area contributed by atoms with Crippen molar-refractivity contribution in [3.05, 3.63) is 118 Å². The van der Waals surface area contributed by atoms with E-state index in [4.69, 9.17) is 11.6 Å². The molecule has 6 nitrogen and oxygen atoms in total. The van der Waals surface area contributed by atoms with Gasteiger partial charge in [-0.2, -0.15) is 0 Å². The van der Waals surface area contributed by atoms with Crippen molar-refractivity contribution in [3.63, 3.8) is 0 Å². The SMILES string of the molecule is Cc1ccccc1CS(=O)(=O)c1ncc(CN(C(=O)c2cccc(Cl)c2)C2CC2)n1Cc1ccccc1. The van der Waals surface area contributed by atoms with E-state index in [0.717, 1.165) is 29.5 Å². The summed E-state index contributed by atoms with van der Waals surface area (Å²) in [6.07, 6.45) is 3.42. The fraction of sp³-hybridized carbons (Fsp3) is 0.241. The van der Waals surface area contributed by atoms with Gasteiger partial charge in [0.25, 0.3) is 5.91 Å². The van der Waals surface area contributed by atoms with Crippen LogP contribution in [-0.2, 0) is 28.7 Å². The van der Waals surface area contributed by atoms with Crippen LogP contribution in [0.4, 0.5) is 0 Å². The summed E-state index contributed by atoms with van der Waals surface area (Å²) in [6, 6.07) is 24.2. The van der Waals surface area contributed by atoms with Crippen molar-refractivity contribution in [2.75, 3.05) is 0 Å². The highest BCUT2D eigenvalue weighted by molar-refractivity contribution is 7.90. The van der Waals surface area contributed by atoms with E-state index in [9.17, 15) is 13.2 Å². The molecule has 0 N–H and O–H groups in total. The molecule has 4 aromatic rings. The summed E-state index contributed by atoms with van der Waals surface area (Å²) in [5.41, 5.74) is 3.80. The van der Waals surface area contributed by atoms with Gasteiger partial charge in [0.1, 0.15) is 0 Å². The quantitative estimate of drug-likeness (QED) is 0.278. The Morgan fingerprint density at radius 3 is 2.46 bits per heavy atom. The molecule has 1 aliphatic rings. The molecule has 1 aliphatic carbocycles. The zero-order chi connectivity index (χ0) is 26.0. The predicted molar refractivity (Wildman–Crippen MR) is 144 cm³/mol. The second-order valence-electron chi connectivity index (χ2n) is 9.46. The summed E-state index contributed by atoms with van der Waals surface area (Å²) < 4.78 is 29.0. The standard InChI is InChI=1S/C29H28ClN3O3S/c1-21-8-5-6-11-24(21)20-37(35,36)29-31-17-27(33(29)18-22-9-3-2-4-10-22)19-32(26-14-15-26)28(34)23-12-7-13-25(30)16-23/h2-13,16-17,26H,14-15,18-20H2,1H3. The van der Waals surface area contributed by atoms with E-state index in [1.54, 1.807) is 35.0 Å². The molecule has 37 heavy (non-hydrogen) atoms. The van der Waals surface area contributed by atoms with Crippen LogP contribution in [0.3, 0.4) is 0 Å². The lowest BCUT2D eigenvalue weighted by atomic mass is 10.1. The average molecular weight is 534 g/mol. The molecule has 1 heterocycles. The van der Waals surface area contributed by atoms with Crippen LogP contribution >= 0.6 is 11.6 Å². The minimum absolute atomic E-state index is 0.0144. The number of amides is 1. The van der Waals surface area contributed by atoms with Gasteiger partial charge in [-0.1, -0.05) is 72.3 Å². The van der Waals surface area contributed by atoms with Gasteiger partial charge in [-0.25, -0.2) is 13.4 Å². The van der Waals surface area contributed by atoms with Crippen LogP contribution in [0.15, 0.2) is 90.2 Å². The van der Waals surface area contributed by atoms with Crippen molar-refractivity contribution in [1.82, 2.24) is 14.5 Å². The second kappa shape index (κ2) is 10.5. The van der Waals surface area contributed by atoms with E-state index in [2.05, 4.69) is 4.98 Å². The molecule has 0 bridgehead atoms. The third-order valence-corrected chi connectivity index (χ3v) is 8.43. The number of benzene rings is 3. The number of aryl methyl sites for hydroxylation is 1. The molecule has 0 atom stereocenters. The van der Waals surface area contributed by atoms with E-state index >= 15 is 0 Å². The summed E-state index contributed by atoms with van der Waals surface area (Å²) in [4.78, 5) is 19.7. The molecule has 0 unspecified atom stereocenters. The van der Waals surface area contributed by atoms with Crippen molar-refractivity contribution in [2.45, 2.75) is 49.8 Å². The summed E-state index contributed by atoms with van der Waals surface area (Å²) in [5.74, 6) is -0.264. The van der Waals surface area contributed by atoms with Gasteiger partial charge in [0.2, 0.25) is 15.0 Å². The number of aromatic nitrogens is 2. The van der Waals surface area contributed by atoms with Gasteiger partial charge in [-0.05, 0) is 54.7 Å². The second-order valence-corrected chi connectivity index (χ2v) is 11.8. The first kappa shape index (κ1) is 25.2. The monoisotopic (exact) mass is 533 g/mol. The Balaban J connectivity index is 1.51. The van der Waals surface area contributed by atoms with E-state index < -0.39 is 9.84 Å². The van der Waals surface area contributed by atoms with E-state index in [1.165, 1.54) is 0 Å². The van der Waals surface area contributed by atoms with Crippen molar-refractivity contribution in [2.24, 2.45) is 0 Å². The number of hydrogen-bond acceptors (Lipinski definition) is 4. The van der Waals surface area contributed by atoms with E-state index in [1.807, 2.05) is 66.4 Å². The number of nitrogens with zero attached hydrogens (tertiary/aromatic N) is 3. The topological polar surface area (TPSA) is 72.3 Å². The molecule has 0 radical (unpaired) electrons. The van der Waals surface area contributed by atoms with Crippen LogP contribution in [0, 0.1) is 6.92 Å². The summed E-state index contributed by atoms with van der Waals surface area (Å²) in [5, 5.41) is 0.515. The third-order valence-electron chi connectivity index (χ3n) is 6.62. The maximum Gasteiger partial charge on any atom is 0.254 e. The van der Waals surface area contributed by atoms with Crippen LogP contribution in [0.2, 0.25) is 5.02 Å². The Hall–Kier alpha value is -3.42. The number of imidazole rings is 1. The largest absolute Gasteiger partial charge is 0.330 e. The normalized spacial score (nSPS) is 13.5. The molecule has 0 spiro atoms. The maximum atomic E-state index is 13.6. The lowest BCUT2D eigenvalue weighted by Gasteiger charge is -2.24. The highest BCUT2D eigenvalue weighted by atomic mass is 35.5. The summed E-state index contributed by atoms with van der Waals surface area (Å²) in [6.45, 7) is 2.50. The van der Waals surface area contributed by atoms with Crippen LogP contribution in [0.1, 0.15) is 45.6 Å². The lowest BCUT2D eigenvalue weighted by molar-refractivity contribution is 0.0725. The van der Waals surface area contributed by atoms with Crippen molar-refractivity contribution < 1.29 is 13.2 Å². The zero-order valence-electron chi connectivity index (χ0n) is 20.5. The summed E-state index contributed by atoms with van der Waals surface area (Å²) >= 11 is 6.14. The van der Waals surface area contributed by atoms with Crippen LogP contribution < -0.4 is 0 Å². The minimum Gasteiger partial charge on any atom is -0.330 e. The Labute approximate surface area is 222 Å². The predicted octanol–water partition coefficient (Wildman–Crippen LogP) is 5.67. The minimum atomic E-state index is -3.75. The van der Waals surface area contributed by atoms with Gasteiger partial charge in [-0.3, -0.25) is 4.79 Å². The molecule has 8 heteroatoms. The van der Waals surface area contributed by atoms with Crippen molar-refractivity contribution >= 4 is 27.3 Å². The molecule has 0 saturated heterocycles. The molecular weight excluding hydrogens is 506 g/mol. The van der Waals surface area contributed by atoms with E-state index in [-0.39, 0.29) is 29.4 Å². The molecule has 5 rings (SSSR count). The first-order valence-corrected chi connectivity index (χ1v) is 14.3. The van der Waals surface area contributed by atoms with Gasteiger partial charge in [0.05, 0.1) is 30.7 Å². The number of carbonyl (C=O) groups excluding carboxylic acids is 1. The Kier molecular flexibility index (Phi) is 7.17. The highest BCUT2D eigenvalue weighted by Crippen LogP contribution is 2.31. The first-order valence-electron chi connectivity index (χ1n) is 12.2. The van der Waals surface area contributed by atoms with Gasteiger partial charge in [-0.15, -0.1) is 0 Å². The number of halogens is 1. The Morgan fingerprint density at radius 1 is 1.03 bits per heavy atom. The van der Waals surface area contributed by atoms with E-state index in [0.29, 0.717) is 22.8 Å². The highest BCUT2D eigenvalue weighted by Gasteiger charge is 2.35. The van der Waals surface area contributed by atoms with Crippen molar-refractivity contribution in [1.29, 1.82) is 0 Å². The zero-order valence-corrected chi connectivity index (χ0v) is 22.1.